The molecule has 1 heterocycles. The number of aliphatic hydroxyl groups is 1. The molecule has 0 aliphatic carbocycles. The first-order chi connectivity index (χ1) is 16.9. The Bertz CT molecular complexity index is 1110. The van der Waals surface area contributed by atoms with Gasteiger partial charge in [0.05, 0.1) is 19.1 Å². The summed E-state index contributed by atoms with van der Waals surface area (Å²) in [6, 6.07) is 1.84. The second kappa shape index (κ2) is 12.7. The van der Waals surface area contributed by atoms with Crippen molar-refractivity contribution in [1.29, 1.82) is 0 Å². The van der Waals surface area contributed by atoms with Gasteiger partial charge >= 0.3 is 11.9 Å². The number of aromatic amines is 1. The summed E-state index contributed by atoms with van der Waals surface area (Å²) < 4.78 is 0. The van der Waals surface area contributed by atoms with Gasteiger partial charge in [-0.1, -0.05) is 32.0 Å². The van der Waals surface area contributed by atoms with Crippen molar-refractivity contribution in [2.24, 2.45) is 11.7 Å². The minimum absolute atomic E-state index is 0.0311. The number of aliphatic hydroxyl groups excluding tert-OH is 1. The number of hydrogen-bond acceptors (Lipinski definition) is 7. The highest BCUT2D eigenvalue weighted by Gasteiger charge is 2.32. The lowest BCUT2D eigenvalue weighted by molar-refractivity contribution is -0.143. The lowest BCUT2D eigenvalue weighted by Gasteiger charge is -2.26. The average Bonchev–Trinajstić information content (AvgIpc) is 3.22. The molecule has 9 N–H and O–H groups in total. The van der Waals surface area contributed by atoms with Crippen LogP contribution in [0.1, 0.15) is 25.8 Å². The van der Waals surface area contributed by atoms with Crippen LogP contribution in [0, 0.1) is 5.92 Å². The maximum Gasteiger partial charge on any atom is 0.328 e. The Kier molecular flexibility index (Phi) is 9.93. The molecule has 0 saturated heterocycles. The molecule has 0 bridgehead atoms. The van der Waals surface area contributed by atoms with Crippen molar-refractivity contribution in [2.75, 3.05) is 6.61 Å². The molecule has 4 unspecified atom stereocenters. The molecule has 1 aromatic carbocycles. The number of carboxylic acid groups (broad SMARTS) is 2. The SMILES string of the molecule is CC(C)C(NC(=O)C(N)CC(=O)O)C(=O)NC(Cc1c[nH]c2ccccc12)C(=O)NC(CO)C(=O)O. The fourth-order valence-corrected chi connectivity index (χ4v) is 3.53. The van der Waals surface area contributed by atoms with Crippen molar-refractivity contribution in [3.63, 3.8) is 0 Å². The summed E-state index contributed by atoms with van der Waals surface area (Å²) in [6.07, 6.45) is 0.989. The zero-order valence-electron chi connectivity index (χ0n) is 19.9. The van der Waals surface area contributed by atoms with Crippen LogP contribution in [0.3, 0.4) is 0 Å². The van der Waals surface area contributed by atoms with E-state index in [0.29, 0.717) is 5.56 Å². The highest BCUT2D eigenvalue weighted by molar-refractivity contribution is 5.95. The predicted octanol–water partition coefficient (Wildman–Crippen LogP) is -1.30. The third-order valence-corrected chi connectivity index (χ3v) is 5.51. The summed E-state index contributed by atoms with van der Waals surface area (Å²) >= 11 is 0. The van der Waals surface area contributed by atoms with Crippen LogP contribution in [-0.4, -0.2) is 80.7 Å². The number of carbonyl (C=O) groups excluding carboxylic acids is 3. The minimum atomic E-state index is -1.59. The Balaban J connectivity index is 2.28. The number of amides is 3. The van der Waals surface area contributed by atoms with E-state index in [0.717, 1.165) is 10.9 Å². The zero-order chi connectivity index (χ0) is 27.0. The molecular formula is C23H31N5O8. The van der Waals surface area contributed by atoms with Gasteiger partial charge in [0.15, 0.2) is 0 Å². The molecule has 196 valence electrons. The van der Waals surface area contributed by atoms with E-state index >= 15 is 0 Å². The van der Waals surface area contributed by atoms with Crippen LogP contribution < -0.4 is 21.7 Å². The van der Waals surface area contributed by atoms with Gasteiger partial charge in [-0.05, 0) is 17.5 Å². The van der Waals surface area contributed by atoms with Gasteiger partial charge in [0.25, 0.3) is 0 Å². The van der Waals surface area contributed by atoms with Gasteiger partial charge in [0.2, 0.25) is 17.7 Å². The van der Waals surface area contributed by atoms with Gasteiger partial charge in [-0.25, -0.2) is 4.79 Å². The molecule has 0 spiro atoms. The molecular weight excluding hydrogens is 474 g/mol. The molecule has 0 fully saturated rings. The van der Waals surface area contributed by atoms with Crippen molar-refractivity contribution in [1.82, 2.24) is 20.9 Å². The number of nitrogens with two attached hydrogens (primary N) is 1. The monoisotopic (exact) mass is 505 g/mol. The van der Waals surface area contributed by atoms with Crippen LogP contribution >= 0.6 is 0 Å². The second-order valence-electron chi connectivity index (χ2n) is 8.64. The molecule has 2 aromatic rings. The molecule has 36 heavy (non-hydrogen) atoms. The van der Waals surface area contributed by atoms with E-state index in [-0.39, 0.29) is 6.42 Å². The highest BCUT2D eigenvalue weighted by Crippen LogP contribution is 2.19. The van der Waals surface area contributed by atoms with Crippen molar-refractivity contribution in [3.8, 4) is 0 Å². The third-order valence-electron chi connectivity index (χ3n) is 5.51. The topological polar surface area (TPSA) is 224 Å². The van der Waals surface area contributed by atoms with Crippen molar-refractivity contribution in [3.05, 3.63) is 36.0 Å². The number of nitrogens with one attached hydrogen (secondary N) is 4. The van der Waals surface area contributed by atoms with E-state index in [4.69, 9.17) is 10.8 Å². The second-order valence-corrected chi connectivity index (χ2v) is 8.64. The summed E-state index contributed by atoms with van der Waals surface area (Å²) in [4.78, 5) is 63.6. The number of rotatable bonds is 13. The standard InChI is InChI=1S/C23H31N5O8/c1-11(2)19(28-20(32)14(24)8-18(30)31)22(34)26-16(21(33)27-17(10-29)23(35)36)7-12-9-25-15-6-4-3-5-13(12)15/h3-6,9,11,14,16-17,19,25,29H,7-8,10,24H2,1-2H3,(H,26,34)(H,27,33)(H,28,32)(H,30,31)(H,35,36). The molecule has 3 amide bonds. The maximum atomic E-state index is 13.1. The molecule has 13 heteroatoms. The molecule has 0 aliphatic rings. The molecule has 0 radical (unpaired) electrons. The number of aliphatic carboxylic acids is 2. The van der Waals surface area contributed by atoms with E-state index in [1.54, 1.807) is 26.1 Å². The normalized spacial score (nSPS) is 14.5. The van der Waals surface area contributed by atoms with E-state index < -0.39 is 72.8 Å². The summed E-state index contributed by atoms with van der Waals surface area (Å²) in [5.74, 6) is -5.66. The first-order valence-electron chi connectivity index (χ1n) is 11.2. The fourth-order valence-electron chi connectivity index (χ4n) is 3.53. The first kappa shape index (κ1) is 28.3. The van der Waals surface area contributed by atoms with Crippen LogP contribution in [-0.2, 0) is 30.4 Å². The van der Waals surface area contributed by atoms with Gasteiger partial charge in [-0.3, -0.25) is 19.2 Å². The minimum Gasteiger partial charge on any atom is -0.481 e. The van der Waals surface area contributed by atoms with E-state index in [2.05, 4.69) is 20.9 Å². The smallest absolute Gasteiger partial charge is 0.328 e. The largest absolute Gasteiger partial charge is 0.481 e. The quantitative estimate of drug-likeness (QED) is 0.162. The van der Waals surface area contributed by atoms with Gasteiger partial charge in [-0.15, -0.1) is 0 Å². The molecule has 1 aromatic heterocycles. The fraction of sp³-hybridized carbons (Fsp3) is 0.435. The molecule has 0 aliphatic heterocycles. The Morgan fingerprint density at radius 2 is 1.58 bits per heavy atom. The number of benzene rings is 1. The number of carboxylic acids is 2. The Morgan fingerprint density at radius 1 is 0.944 bits per heavy atom. The Hall–Kier alpha value is -3.97. The van der Waals surface area contributed by atoms with Crippen molar-refractivity contribution >= 4 is 40.6 Å². The van der Waals surface area contributed by atoms with Gasteiger partial charge < -0.3 is 42.0 Å². The van der Waals surface area contributed by atoms with Crippen LogP contribution in [0.4, 0.5) is 0 Å². The number of H-pyrrole nitrogens is 1. The number of aromatic nitrogens is 1. The van der Waals surface area contributed by atoms with Crippen LogP contribution in [0.15, 0.2) is 30.5 Å². The summed E-state index contributed by atoms with van der Waals surface area (Å²) in [5, 5.41) is 35.3. The van der Waals surface area contributed by atoms with Gasteiger partial charge in [0.1, 0.15) is 18.1 Å². The Morgan fingerprint density at radius 3 is 2.17 bits per heavy atom. The van der Waals surface area contributed by atoms with E-state index in [9.17, 15) is 34.2 Å². The Labute approximate surface area is 206 Å². The van der Waals surface area contributed by atoms with Crippen molar-refractivity contribution < 1.29 is 39.3 Å². The van der Waals surface area contributed by atoms with E-state index in [1.807, 2.05) is 18.2 Å². The third kappa shape index (κ3) is 7.52. The maximum absolute atomic E-state index is 13.1. The lowest BCUT2D eigenvalue weighted by atomic mass is 10.00. The zero-order valence-corrected chi connectivity index (χ0v) is 19.9. The summed E-state index contributed by atoms with van der Waals surface area (Å²) in [6.45, 7) is 2.41. The van der Waals surface area contributed by atoms with Crippen LogP contribution in [0.5, 0.6) is 0 Å². The molecule has 4 atom stereocenters. The lowest BCUT2D eigenvalue weighted by Crippen LogP contribution is -2.59. The van der Waals surface area contributed by atoms with Crippen molar-refractivity contribution in [2.45, 2.75) is 50.9 Å². The number of fused-ring (bicyclic) bond motifs is 1. The average molecular weight is 506 g/mol. The number of carbonyl (C=O) groups is 5. The number of para-hydroxylation sites is 1. The highest BCUT2D eigenvalue weighted by atomic mass is 16.4. The summed E-state index contributed by atoms with van der Waals surface area (Å²) in [7, 11) is 0. The summed E-state index contributed by atoms with van der Waals surface area (Å²) in [5.41, 5.74) is 7.04. The van der Waals surface area contributed by atoms with Gasteiger partial charge in [-0.2, -0.15) is 0 Å². The van der Waals surface area contributed by atoms with Gasteiger partial charge in [0, 0.05) is 23.5 Å². The van der Waals surface area contributed by atoms with Crippen LogP contribution in [0.25, 0.3) is 10.9 Å². The van der Waals surface area contributed by atoms with Crippen LogP contribution in [0.2, 0.25) is 0 Å². The molecule has 0 saturated carbocycles. The molecule has 2 rings (SSSR count). The molecule has 13 nitrogen and oxygen atoms in total. The first-order valence-corrected chi connectivity index (χ1v) is 11.2. The predicted molar refractivity (Wildman–Crippen MR) is 128 cm³/mol. The number of hydrogen-bond donors (Lipinski definition) is 8. The van der Waals surface area contributed by atoms with E-state index in [1.165, 1.54) is 0 Å².